The lowest BCUT2D eigenvalue weighted by atomic mass is 9.85. The van der Waals surface area contributed by atoms with E-state index in [9.17, 15) is 19.2 Å². The molecule has 5 atom stereocenters. The molecular formula is C24H28N2O5. The van der Waals surface area contributed by atoms with E-state index >= 15 is 0 Å². The van der Waals surface area contributed by atoms with Crippen LogP contribution in [0.1, 0.15) is 44.0 Å². The fourth-order valence-corrected chi connectivity index (χ4v) is 5.14. The molecule has 1 saturated heterocycles. The quantitative estimate of drug-likeness (QED) is 0.413. The molecule has 0 radical (unpaired) electrons. The molecule has 3 amide bonds. The molecule has 4 rings (SSSR count). The maximum atomic E-state index is 13.2. The minimum absolute atomic E-state index is 0.106. The van der Waals surface area contributed by atoms with Crippen molar-refractivity contribution in [2.45, 2.75) is 39.7 Å². The molecule has 0 spiro atoms. The van der Waals surface area contributed by atoms with Gasteiger partial charge < -0.3 is 10.1 Å². The first kappa shape index (κ1) is 21.3. The van der Waals surface area contributed by atoms with Crippen LogP contribution >= 0.6 is 0 Å². The predicted molar refractivity (Wildman–Crippen MR) is 114 cm³/mol. The third kappa shape index (κ3) is 3.77. The zero-order chi connectivity index (χ0) is 22.3. The number of likely N-dealkylation sites (tertiary alicyclic amines) is 1. The number of ether oxygens (including phenoxy) is 1. The fourth-order valence-electron chi connectivity index (χ4n) is 5.14. The molecule has 1 aromatic carbocycles. The number of benzene rings is 1. The smallest absolute Gasteiger partial charge is 0.338 e. The summed E-state index contributed by atoms with van der Waals surface area (Å²) in [6.45, 7) is 5.94. The Bertz CT molecular complexity index is 906. The molecule has 31 heavy (non-hydrogen) atoms. The maximum Gasteiger partial charge on any atom is 0.338 e. The molecule has 1 aliphatic heterocycles. The summed E-state index contributed by atoms with van der Waals surface area (Å²) >= 11 is 0. The average Bonchev–Trinajstić information content (AvgIpc) is 3.41. The first-order valence-electron chi connectivity index (χ1n) is 10.9. The van der Waals surface area contributed by atoms with Crippen LogP contribution < -0.4 is 5.32 Å². The van der Waals surface area contributed by atoms with Gasteiger partial charge >= 0.3 is 5.97 Å². The SMILES string of the molecule is CCOC(=O)c1ccc(NC(=O)[C@@H](CC(C)C)N2C(=O)[C@@H]3[C@H](C2=O)[C@H]2C=C[C@H]3C2)cc1. The minimum atomic E-state index is -0.852. The van der Waals surface area contributed by atoms with Gasteiger partial charge in [-0.15, -0.1) is 0 Å². The van der Waals surface area contributed by atoms with E-state index in [2.05, 4.69) is 5.32 Å². The Morgan fingerprint density at radius 2 is 1.65 bits per heavy atom. The summed E-state index contributed by atoms with van der Waals surface area (Å²) in [6, 6.07) is 5.53. The van der Waals surface area contributed by atoms with Crippen LogP contribution in [0.3, 0.4) is 0 Å². The van der Waals surface area contributed by atoms with Gasteiger partial charge in [0.2, 0.25) is 17.7 Å². The average molecular weight is 424 g/mol. The summed E-state index contributed by atoms with van der Waals surface area (Å²) < 4.78 is 4.97. The zero-order valence-electron chi connectivity index (χ0n) is 18.0. The van der Waals surface area contributed by atoms with E-state index in [1.807, 2.05) is 26.0 Å². The number of carbonyl (C=O) groups excluding carboxylic acids is 4. The number of nitrogens with one attached hydrogen (secondary N) is 1. The monoisotopic (exact) mass is 424 g/mol. The summed E-state index contributed by atoms with van der Waals surface area (Å²) in [5, 5.41) is 2.81. The van der Waals surface area contributed by atoms with Crippen LogP contribution in [0.4, 0.5) is 5.69 Å². The highest BCUT2D eigenvalue weighted by atomic mass is 16.5. The van der Waals surface area contributed by atoms with Crippen LogP contribution in [0.15, 0.2) is 36.4 Å². The van der Waals surface area contributed by atoms with E-state index < -0.39 is 12.0 Å². The first-order valence-corrected chi connectivity index (χ1v) is 10.9. The van der Waals surface area contributed by atoms with Gasteiger partial charge in [0, 0.05) is 5.69 Å². The fraction of sp³-hybridized carbons (Fsp3) is 0.500. The Labute approximate surface area is 181 Å². The number of hydrogen-bond donors (Lipinski definition) is 1. The molecule has 0 unspecified atom stereocenters. The highest BCUT2D eigenvalue weighted by Gasteiger charge is 2.61. The number of anilines is 1. The maximum absolute atomic E-state index is 13.2. The normalized spacial score (nSPS) is 27.0. The molecule has 1 saturated carbocycles. The summed E-state index contributed by atoms with van der Waals surface area (Å²) in [7, 11) is 0. The van der Waals surface area contributed by atoms with E-state index in [4.69, 9.17) is 4.74 Å². The zero-order valence-corrected chi connectivity index (χ0v) is 18.0. The van der Waals surface area contributed by atoms with Crippen molar-refractivity contribution in [2.75, 3.05) is 11.9 Å². The Hall–Kier alpha value is -2.96. The van der Waals surface area contributed by atoms with Crippen LogP contribution in [-0.4, -0.2) is 41.2 Å². The number of rotatable bonds is 7. The number of fused-ring (bicyclic) bond motifs is 5. The van der Waals surface area contributed by atoms with Crippen LogP contribution in [0, 0.1) is 29.6 Å². The molecule has 1 heterocycles. The van der Waals surface area contributed by atoms with Crippen LogP contribution in [0.25, 0.3) is 0 Å². The number of amides is 3. The lowest BCUT2D eigenvalue weighted by Gasteiger charge is -2.28. The number of nitrogens with zero attached hydrogens (tertiary/aromatic N) is 1. The van der Waals surface area contributed by atoms with Crippen molar-refractivity contribution in [1.82, 2.24) is 4.90 Å². The van der Waals surface area contributed by atoms with Gasteiger partial charge in [-0.3, -0.25) is 19.3 Å². The molecule has 7 heteroatoms. The summed E-state index contributed by atoms with van der Waals surface area (Å²) in [5.41, 5.74) is 0.882. The summed E-state index contributed by atoms with van der Waals surface area (Å²) in [5.74, 6) is -1.57. The lowest BCUT2D eigenvalue weighted by Crippen LogP contribution is -2.49. The number of imide groups is 1. The predicted octanol–water partition coefficient (Wildman–Crippen LogP) is 3.02. The van der Waals surface area contributed by atoms with E-state index in [1.165, 1.54) is 4.90 Å². The second kappa shape index (κ2) is 8.29. The van der Waals surface area contributed by atoms with Crippen molar-refractivity contribution in [3.05, 3.63) is 42.0 Å². The minimum Gasteiger partial charge on any atom is -0.462 e. The standard InChI is InChI=1S/C24H28N2O5/c1-4-31-24(30)14-7-9-17(10-8-14)25-21(27)18(11-13(2)3)26-22(28)19-15-5-6-16(12-15)20(19)23(26)29/h5-10,13,15-16,18-20H,4,11-12H2,1-3H3,(H,25,27)/t15-,16-,18+,19-,20+/m0/s1. The van der Waals surface area contributed by atoms with Crippen LogP contribution in [0.5, 0.6) is 0 Å². The molecule has 1 aromatic rings. The lowest BCUT2D eigenvalue weighted by molar-refractivity contribution is -0.147. The highest BCUT2D eigenvalue weighted by Crippen LogP contribution is 2.53. The molecular weight excluding hydrogens is 396 g/mol. The second-order valence-electron chi connectivity index (χ2n) is 8.98. The van der Waals surface area contributed by atoms with Gasteiger partial charge in [0.05, 0.1) is 24.0 Å². The largest absolute Gasteiger partial charge is 0.462 e. The van der Waals surface area contributed by atoms with Crippen molar-refractivity contribution in [2.24, 2.45) is 29.6 Å². The Balaban J connectivity index is 1.52. The van der Waals surface area contributed by atoms with Gasteiger partial charge in [0.15, 0.2) is 0 Å². The van der Waals surface area contributed by atoms with E-state index in [0.717, 1.165) is 6.42 Å². The van der Waals surface area contributed by atoms with Crippen molar-refractivity contribution < 1.29 is 23.9 Å². The van der Waals surface area contributed by atoms with Crippen molar-refractivity contribution in [1.29, 1.82) is 0 Å². The molecule has 1 N–H and O–H groups in total. The van der Waals surface area contributed by atoms with Crippen molar-refractivity contribution >= 4 is 29.4 Å². The molecule has 2 fully saturated rings. The molecule has 3 aliphatic rings. The Kier molecular flexibility index (Phi) is 5.69. The first-order chi connectivity index (χ1) is 14.8. The Morgan fingerprint density at radius 1 is 1.06 bits per heavy atom. The van der Waals surface area contributed by atoms with Gasteiger partial charge in [0.25, 0.3) is 0 Å². The van der Waals surface area contributed by atoms with Gasteiger partial charge in [-0.2, -0.15) is 0 Å². The van der Waals surface area contributed by atoms with Gasteiger partial charge in [0.1, 0.15) is 6.04 Å². The van der Waals surface area contributed by atoms with Crippen molar-refractivity contribution in [3.8, 4) is 0 Å². The summed E-state index contributed by atoms with van der Waals surface area (Å²) in [4.78, 5) is 52.6. The van der Waals surface area contributed by atoms with Crippen LogP contribution in [0.2, 0.25) is 0 Å². The molecule has 2 bridgehead atoms. The molecule has 164 valence electrons. The summed E-state index contributed by atoms with van der Waals surface area (Å²) in [6.07, 6.45) is 5.34. The molecule has 2 aliphatic carbocycles. The second-order valence-corrected chi connectivity index (χ2v) is 8.98. The van der Waals surface area contributed by atoms with E-state index in [1.54, 1.807) is 31.2 Å². The number of allylic oxidation sites excluding steroid dienone is 2. The van der Waals surface area contributed by atoms with Gasteiger partial charge in [-0.25, -0.2) is 4.79 Å². The van der Waals surface area contributed by atoms with Crippen LogP contribution in [-0.2, 0) is 19.1 Å². The topological polar surface area (TPSA) is 92.8 Å². The van der Waals surface area contributed by atoms with E-state index in [-0.39, 0.29) is 53.9 Å². The van der Waals surface area contributed by atoms with Gasteiger partial charge in [-0.1, -0.05) is 26.0 Å². The third-order valence-electron chi connectivity index (χ3n) is 6.48. The van der Waals surface area contributed by atoms with E-state index in [0.29, 0.717) is 17.7 Å². The molecule has 7 nitrogen and oxygen atoms in total. The number of carbonyl (C=O) groups is 4. The Morgan fingerprint density at radius 3 is 2.16 bits per heavy atom. The molecule has 0 aromatic heterocycles. The highest BCUT2D eigenvalue weighted by molar-refractivity contribution is 6.10. The van der Waals surface area contributed by atoms with Crippen molar-refractivity contribution in [3.63, 3.8) is 0 Å². The van der Waals surface area contributed by atoms with Gasteiger partial charge in [-0.05, 0) is 61.8 Å². The number of esters is 1. The number of hydrogen-bond acceptors (Lipinski definition) is 5. The third-order valence-corrected chi connectivity index (χ3v) is 6.48.